The number of benzene rings is 1. The molecule has 3 rings (SSSR count). The van der Waals surface area contributed by atoms with E-state index >= 15 is 0 Å². The van der Waals surface area contributed by atoms with Gasteiger partial charge in [-0.15, -0.1) is 0 Å². The van der Waals surface area contributed by atoms with E-state index in [1.54, 1.807) is 0 Å². The van der Waals surface area contributed by atoms with Gasteiger partial charge in [0, 0.05) is 6.42 Å². The first-order valence-electron chi connectivity index (χ1n) is 7.48. The number of carbonyl (C=O) groups excluding carboxylic acids is 1. The van der Waals surface area contributed by atoms with Gasteiger partial charge in [0.1, 0.15) is 5.54 Å². The van der Waals surface area contributed by atoms with Crippen LogP contribution in [-0.4, -0.2) is 16.2 Å². The van der Waals surface area contributed by atoms with Crippen molar-refractivity contribution in [1.29, 1.82) is 0 Å². The van der Waals surface area contributed by atoms with Crippen LogP contribution in [0.15, 0.2) is 28.8 Å². The lowest BCUT2D eigenvalue weighted by Crippen LogP contribution is -2.38. The molecule has 2 amide bonds. The fraction of sp³-hybridized carbons (Fsp3) is 0.438. The van der Waals surface area contributed by atoms with E-state index in [1.165, 1.54) is 5.56 Å². The Balaban J connectivity index is 1.71. The van der Waals surface area contributed by atoms with E-state index in [-0.39, 0.29) is 0 Å². The number of nitrogens with zero attached hydrogens (tertiary/aromatic N) is 2. The molecule has 0 spiro atoms. The molecule has 22 heavy (non-hydrogen) atoms. The lowest BCUT2D eigenvalue weighted by atomic mass is 10.0. The molecule has 2 aromatic rings. The van der Waals surface area contributed by atoms with Crippen LogP contribution in [0.3, 0.4) is 0 Å². The fourth-order valence-electron chi connectivity index (χ4n) is 2.48. The van der Waals surface area contributed by atoms with Gasteiger partial charge in [0.15, 0.2) is 5.82 Å². The quantitative estimate of drug-likeness (QED) is 0.886. The summed E-state index contributed by atoms with van der Waals surface area (Å²) in [5.41, 5.74) is 7.08. The highest BCUT2D eigenvalue weighted by molar-refractivity contribution is 5.73. The van der Waals surface area contributed by atoms with Crippen molar-refractivity contribution in [2.45, 2.75) is 44.6 Å². The van der Waals surface area contributed by atoms with Crippen LogP contribution in [0, 0.1) is 0 Å². The monoisotopic (exact) mass is 300 g/mol. The number of hydrogen-bond acceptors (Lipinski definition) is 4. The summed E-state index contributed by atoms with van der Waals surface area (Å²) in [7, 11) is 0. The molecular weight excluding hydrogens is 280 g/mol. The Morgan fingerprint density at radius 2 is 2.05 bits per heavy atom. The van der Waals surface area contributed by atoms with Gasteiger partial charge in [-0.1, -0.05) is 43.3 Å². The summed E-state index contributed by atoms with van der Waals surface area (Å²) in [6, 6.07) is 7.84. The summed E-state index contributed by atoms with van der Waals surface area (Å²) in [6.07, 6.45) is 2.16. The highest BCUT2D eigenvalue weighted by Crippen LogP contribution is 2.44. The maximum absolute atomic E-state index is 11.0. The lowest BCUT2D eigenvalue weighted by molar-refractivity contribution is 0.238. The Hall–Kier alpha value is -2.37. The number of urea groups is 1. The van der Waals surface area contributed by atoms with Crippen LogP contribution >= 0.6 is 0 Å². The molecule has 1 aliphatic rings. The van der Waals surface area contributed by atoms with E-state index in [9.17, 15) is 4.79 Å². The molecule has 1 aromatic carbocycles. The molecule has 0 radical (unpaired) electrons. The van der Waals surface area contributed by atoms with Crippen LogP contribution in [0.2, 0.25) is 0 Å². The molecule has 0 unspecified atom stereocenters. The molecule has 1 fully saturated rings. The van der Waals surface area contributed by atoms with E-state index in [2.05, 4.69) is 53.6 Å². The molecule has 1 aliphatic carbocycles. The van der Waals surface area contributed by atoms with Gasteiger partial charge in [-0.05, 0) is 29.9 Å². The number of aromatic nitrogens is 2. The van der Waals surface area contributed by atoms with Crippen molar-refractivity contribution in [3.05, 3.63) is 47.1 Å². The molecule has 116 valence electrons. The molecule has 1 heterocycles. The molecule has 3 N–H and O–H groups in total. The van der Waals surface area contributed by atoms with Crippen LogP contribution in [0.1, 0.15) is 55.4 Å². The van der Waals surface area contributed by atoms with E-state index < -0.39 is 11.6 Å². The molecule has 1 aromatic heterocycles. The van der Waals surface area contributed by atoms with Gasteiger partial charge in [0.25, 0.3) is 5.89 Å². The molecule has 0 saturated heterocycles. The SMILES string of the molecule is CC(C)c1ccc(Cc2noc(C3(NC(N)=O)CC3)n2)cc1. The second kappa shape index (κ2) is 5.44. The predicted molar refractivity (Wildman–Crippen MR) is 81.3 cm³/mol. The smallest absolute Gasteiger partial charge is 0.313 e. The zero-order valence-electron chi connectivity index (χ0n) is 12.8. The zero-order chi connectivity index (χ0) is 15.7. The third-order valence-corrected chi connectivity index (χ3v) is 4.00. The highest BCUT2D eigenvalue weighted by Gasteiger charge is 2.50. The first-order chi connectivity index (χ1) is 10.5. The van der Waals surface area contributed by atoms with Gasteiger partial charge in [0.2, 0.25) is 0 Å². The van der Waals surface area contributed by atoms with Crippen LogP contribution in [0.5, 0.6) is 0 Å². The van der Waals surface area contributed by atoms with Crippen LogP contribution < -0.4 is 11.1 Å². The van der Waals surface area contributed by atoms with E-state index in [1.807, 2.05) is 0 Å². The number of primary amides is 1. The number of carbonyl (C=O) groups is 1. The summed E-state index contributed by atoms with van der Waals surface area (Å²) in [6.45, 7) is 4.34. The molecule has 0 aliphatic heterocycles. The van der Waals surface area contributed by atoms with Crippen LogP contribution in [0.4, 0.5) is 4.79 Å². The number of hydrogen-bond donors (Lipinski definition) is 2. The Morgan fingerprint density at radius 1 is 1.36 bits per heavy atom. The number of nitrogens with two attached hydrogens (primary N) is 1. The van der Waals surface area contributed by atoms with Gasteiger partial charge >= 0.3 is 6.03 Å². The fourth-order valence-corrected chi connectivity index (χ4v) is 2.48. The van der Waals surface area contributed by atoms with Crippen molar-refractivity contribution in [2.24, 2.45) is 5.73 Å². The molecule has 6 heteroatoms. The number of nitrogens with one attached hydrogen (secondary N) is 1. The summed E-state index contributed by atoms with van der Waals surface area (Å²) in [5, 5.41) is 6.69. The Kier molecular flexibility index (Phi) is 3.60. The van der Waals surface area contributed by atoms with Crippen molar-refractivity contribution < 1.29 is 9.32 Å². The Labute approximate surface area is 129 Å². The van der Waals surface area contributed by atoms with Crippen LogP contribution in [-0.2, 0) is 12.0 Å². The molecule has 6 nitrogen and oxygen atoms in total. The summed E-state index contributed by atoms with van der Waals surface area (Å²) < 4.78 is 5.30. The normalized spacial score (nSPS) is 15.8. The molecule has 0 bridgehead atoms. The zero-order valence-corrected chi connectivity index (χ0v) is 12.8. The van der Waals surface area contributed by atoms with E-state index in [0.29, 0.717) is 24.1 Å². The largest absolute Gasteiger partial charge is 0.352 e. The van der Waals surface area contributed by atoms with E-state index in [0.717, 1.165) is 18.4 Å². The third kappa shape index (κ3) is 2.95. The average Bonchev–Trinajstić information content (AvgIpc) is 3.08. The average molecular weight is 300 g/mol. The minimum atomic E-state index is -0.568. The maximum Gasteiger partial charge on any atom is 0.313 e. The van der Waals surface area contributed by atoms with Crippen molar-refractivity contribution in [3.8, 4) is 0 Å². The maximum atomic E-state index is 11.0. The van der Waals surface area contributed by atoms with Crippen molar-refractivity contribution >= 4 is 6.03 Å². The lowest BCUT2D eigenvalue weighted by Gasteiger charge is -2.09. The van der Waals surface area contributed by atoms with Gasteiger partial charge < -0.3 is 15.6 Å². The second-order valence-corrected chi connectivity index (χ2v) is 6.16. The van der Waals surface area contributed by atoms with Crippen molar-refractivity contribution in [2.75, 3.05) is 0 Å². The topological polar surface area (TPSA) is 94.0 Å². The third-order valence-electron chi connectivity index (χ3n) is 4.00. The Morgan fingerprint density at radius 3 is 2.59 bits per heavy atom. The number of amides is 2. The van der Waals surface area contributed by atoms with Crippen molar-refractivity contribution in [1.82, 2.24) is 15.5 Å². The summed E-state index contributed by atoms with van der Waals surface area (Å²) in [4.78, 5) is 15.4. The van der Waals surface area contributed by atoms with Gasteiger partial charge in [-0.2, -0.15) is 4.98 Å². The molecule has 0 atom stereocenters. The molecular formula is C16H20N4O2. The molecule has 1 saturated carbocycles. The summed E-state index contributed by atoms with van der Waals surface area (Å²) >= 11 is 0. The summed E-state index contributed by atoms with van der Waals surface area (Å²) in [5.74, 6) is 1.57. The van der Waals surface area contributed by atoms with E-state index in [4.69, 9.17) is 10.3 Å². The first-order valence-corrected chi connectivity index (χ1v) is 7.48. The number of rotatable bonds is 5. The van der Waals surface area contributed by atoms with Gasteiger partial charge in [-0.3, -0.25) is 0 Å². The minimum Gasteiger partial charge on any atom is -0.352 e. The van der Waals surface area contributed by atoms with Crippen molar-refractivity contribution in [3.63, 3.8) is 0 Å². The Bertz CT molecular complexity index is 672. The van der Waals surface area contributed by atoms with Gasteiger partial charge in [0.05, 0.1) is 0 Å². The first kappa shape index (κ1) is 14.6. The second-order valence-electron chi connectivity index (χ2n) is 6.16. The van der Waals surface area contributed by atoms with Gasteiger partial charge in [-0.25, -0.2) is 4.79 Å². The highest BCUT2D eigenvalue weighted by atomic mass is 16.5. The standard InChI is InChI=1S/C16H20N4O2/c1-10(2)12-5-3-11(4-6-12)9-13-18-14(22-20-13)16(7-8-16)19-15(17)21/h3-6,10H,7-9H2,1-2H3,(H3,17,19,21). The minimum absolute atomic E-state index is 0.445. The van der Waals surface area contributed by atoms with Crippen LogP contribution in [0.25, 0.3) is 0 Å². The predicted octanol–water partition coefficient (Wildman–Crippen LogP) is 2.44.